The summed E-state index contributed by atoms with van der Waals surface area (Å²) in [5.74, 6) is -0.0869. The van der Waals surface area contributed by atoms with Crippen LogP contribution >= 0.6 is 11.6 Å². The highest BCUT2D eigenvalue weighted by molar-refractivity contribution is 6.30. The van der Waals surface area contributed by atoms with E-state index in [1.54, 1.807) is 22.8 Å². The number of hydrogen-bond acceptors (Lipinski definition) is 5. The van der Waals surface area contributed by atoms with Crippen LogP contribution in [0.4, 0.5) is 10.1 Å². The highest BCUT2D eigenvalue weighted by Crippen LogP contribution is 2.30. The molecule has 0 aliphatic carbocycles. The van der Waals surface area contributed by atoms with Crippen LogP contribution in [-0.2, 0) is 0 Å². The van der Waals surface area contributed by atoms with Gasteiger partial charge in [-0.2, -0.15) is 0 Å². The number of benzene rings is 3. The van der Waals surface area contributed by atoms with E-state index in [1.807, 2.05) is 24.3 Å². The van der Waals surface area contributed by atoms with Crippen molar-refractivity contribution in [1.82, 2.24) is 19.5 Å². The van der Waals surface area contributed by atoms with E-state index in [1.165, 1.54) is 24.3 Å². The van der Waals surface area contributed by atoms with Crippen LogP contribution in [0.1, 0.15) is 0 Å². The second-order valence-corrected chi connectivity index (χ2v) is 6.94. The molecular weight excluding hydrogens is 409 g/mol. The van der Waals surface area contributed by atoms with Crippen LogP contribution in [0.3, 0.4) is 0 Å². The third-order valence-electron chi connectivity index (χ3n) is 4.67. The topological polar surface area (TPSA) is 86.7 Å². The van der Waals surface area contributed by atoms with Crippen molar-refractivity contribution in [2.45, 2.75) is 0 Å². The summed E-state index contributed by atoms with van der Waals surface area (Å²) in [5.41, 5.74) is 3.34. The van der Waals surface area contributed by atoms with E-state index in [9.17, 15) is 14.5 Å². The molecule has 0 amide bonds. The lowest BCUT2D eigenvalue weighted by Crippen LogP contribution is -2.00. The Bertz CT molecular complexity index is 1450. The summed E-state index contributed by atoms with van der Waals surface area (Å²) in [4.78, 5) is 24.4. The number of imidazole rings is 1. The van der Waals surface area contributed by atoms with Gasteiger partial charge in [0.2, 0.25) is 0 Å². The minimum Gasteiger partial charge on any atom is -0.275 e. The molecule has 0 saturated heterocycles. The van der Waals surface area contributed by atoms with Crippen molar-refractivity contribution >= 4 is 39.6 Å². The number of non-ortho nitro benzene ring substituents is 1. The molecule has 2 heterocycles. The van der Waals surface area contributed by atoms with Crippen molar-refractivity contribution in [3.05, 3.63) is 87.7 Å². The fourth-order valence-corrected chi connectivity index (χ4v) is 3.43. The first-order valence-corrected chi connectivity index (χ1v) is 9.24. The Balaban J connectivity index is 1.82. The average Bonchev–Trinajstić information content (AvgIpc) is 3.12. The third kappa shape index (κ3) is 2.94. The van der Waals surface area contributed by atoms with Crippen molar-refractivity contribution in [2.75, 3.05) is 0 Å². The zero-order valence-electron chi connectivity index (χ0n) is 15.2. The zero-order chi connectivity index (χ0) is 20.8. The van der Waals surface area contributed by atoms with Gasteiger partial charge < -0.3 is 0 Å². The van der Waals surface area contributed by atoms with Gasteiger partial charge in [0.1, 0.15) is 11.6 Å². The smallest absolute Gasteiger partial charge is 0.269 e. The molecule has 0 fully saturated rings. The van der Waals surface area contributed by atoms with Crippen LogP contribution in [-0.4, -0.2) is 24.4 Å². The molecule has 0 spiro atoms. The SMILES string of the molecule is O=[N+]([O-])c1ccc(-c2nc3nc4ccccc4nc3n2-c2ccc(F)c(Cl)c2)cc1. The lowest BCUT2D eigenvalue weighted by Gasteiger charge is -2.10. The number of nitrogens with zero attached hydrogens (tertiary/aromatic N) is 5. The number of rotatable bonds is 3. The molecule has 5 aromatic rings. The van der Waals surface area contributed by atoms with Crippen molar-refractivity contribution in [1.29, 1.82) is 0 Å². The van der Waals surface area contributed by atoms with Gasteiger partial charge in [-0.05, 0) is 42.5 Å². The third-order valence-corrected chi connectivity index (χ3v) is 4.96. The quantitative estimate of drug-likeness (QED) is 0.291. The number of aromatic nitrogens is 4. The molecule has 9 heteroatoms. The van der Waals surface area contributed by atoms with Crippen LogP contribution in [0, 0.1) is 15.9 Å². The van der Waals surface area contributed by atoms with Crippen LogP contribution < -0.4 is 0 Å². The van der Waals surface area contributed by atoms with Crippen molar-refractivity contribution < 1.29 is 9.31 Å². The Morgan fingerprint density at radius 1 is 0.933 bits per heavy atom. The lowest BCUT2D eigenvalue weighted by molar-refractivity contribution is -0.384. The Morgan fingerprint density at radius 2 is 1.63 bits per heavy atom. The first-order chi connectivity index (χ1) is 14.5. The molecule has 7 nitrogen and oxygen atoms in total. The first kappa shape index (κ1) is 18.1. The number of nitro groups is 1. The minimum atomic E-state index is -0.543. The molecule has 2 aromatic heterocycles. The highest BCUT2D eigenvalue weighted by Gasteiger charge is 2.19. The van der Waals surface area contributed by atoms with Gasteiger partial charge in [0.05, 0.1) is 26.7 Å². The van der Waals surface area contributed by atoms with E-state index < -0.39 is 10.7 Å². The summed E-state index contributed by atoms with van der Waals surface area (Å²) < 4.78 is 15.5. The van der Waals surface area contributed by atoms with E-state index in [4.69, 9.17) is 16.6 Å². The van der Waals surface area contributed by atoms with Gasteiger partial charge in [0.15, 0.2) is 11.3 Å². The maximum atomic E-state index is 13.8. The highest BCUT2D eigenvalue weighted by atomic mass is 35.5. The predicted octanol–water partition coefficient (Wildman–Crippen LogP) is 5.34. The van der Waals surface area contributed by atoms with Gasteiger partial charge in [-0.25, -0.2) is 19.3 Å². The number of hydrogen-bond donors (Lipinski definition) is 0. The summed E-state index contributed by atoms with van der Waals surface area (Å²) in [5, 5.41) is 11.0. The monoisotopic (exact) mass is 419 g/mol. The second kappa shape index (κ2) is 6.85. The van der Waals surface area contributed by atoms with Crippen LogP contribution in [0.25, 0.3) is 39.4 Å². The van der Waals surface area contributed by atoms with E-state index in [-0.39, 0.29) is 10.7 Å². The van der Waals surface area contributed by atoms with E-state index in [0.29, 0.717) is 39.4 Å². The Morgan fingerprint density at radius 3 is 2.30 bits per heavy atom. The molecule has 0 aliphatic heterocycles. The molecule has 30 heavy (non-hydrogen) atoms. The lowest BCUT2D eigenvalue weighted by atomic mass is 10.2. The van der Waals surface area contributed by atoms with Gasteiger partial charge in [0, 0.05) is 17.7 Å². The van der Waals surface area contributed by atoms with Crippen LogP contribution in [0.15, 0.2) is 66.7 Å². The molecule has 0 aliphatic rings. The number of fused-ring (bicyclic) bond motifs is 2. The number of halogens is 2. The Hall–Kier alpha value is -3.91. The van der Waals surface area contributed by atoms with E-state index in [2.05, 4.69) is 9.97 Å². The fraction of sp³-hybridized carbons (Fsp3) is 0. The summed E-state index contributed by atoms with van der Waals surface area (Å²) >= 11 is 6.01. The standard InChI is InChI=1S/C21H11ClFN5O2/c22-15-11-14(9-10-16(15)23)27-20(12-5-7-13(8-6-12)28(29)30)26-19-21(27)25-18-4-2-1-3-17(18)24-19/h1-11H. The van der Waals surface area contributed by atoms with Gasteiger partial charge in [-0.3, -0.25) is 14.7 Å². The van der Waals surface area contributed by atoms with Crippen LogP contribution in [0.2, 0.25) is 5.02 Å². The van der Waals surface area contributed by atoms with E-state index in [0.717, 1.165) is 0 Å². The average molecular weight is 420 g/mol. The molecule has 0 radical (unpaired) electrons. The molecule has 0 saturated carbocycles. The van der Waals surface area contributed by atoms with Crippen molar-refractivity contribution in [3.63, 3.8) is 0 Å². The molecule has 3 aromatic carbocycles. The number of nitro benzene ring substituents is 1. The Kier molecular flexibility index (Phi) is 4.14. The maximum Gasteiger partial charge on any atom is 0.269 e. The molecule has 0 N–H and O–H groups in total. The molecule has 0 bridgehead atoms. The summed E-state index contributed by atoms with van der Waals surface area (Å²) in [7, 11) is 0. The largest absolute Gasteiger partial charge is 0.275 e. The van der Waals surface area contributed by atoms with Crippen molar-refractivity contribution in [2.24, 2.45) is 0 Å². The van der Waals surface area contributed by atoms with Gasteiger partial charge in [0.25, 0.3) is 5.69 Å². The first-order valence-electron chi connectivity index (χ1n) is 8.87. The maximum absolute atomic E-state index is 13.8. The summed E-state index contributed by atoms with van der Waals surface area (Å²) in [6.07, 6.45) is 0. The van der Waals surface area contributed by atoms with Gasteiger partial charge in [-0.1, -0.05) is 23.7 Å². The van der Waals surface area contributed by atoms with E-state index >= 15 is 0 Å². The summed E-state index contributed by atoms with van der Waals surface area (Å²) in [6.45, 7) is 0. The Labute approximate surface area is 173 Å². The second-order valence-electron chi connectivity index (χ2n) is 6.53. The molecule has 5 rings (SSSR count). The molecule has 146 valence electrons. The van der Waals surface area contributed by atoms with Crippen molar-refractivity contribution in [3.8, 4) is 17.1 Å². The number of para-hydroxylation sites is 2. The normalized spacial score (nSPS) is 11.3. The molecule has 0 atom stereocenters. The zero-order valence-corrected chi connectivity index (χ0v) is 15.9. The molecular formula is C21H11ClFN5O2. The molecule has 0 unspecified atom stereocenters. The predicted molar refractivity (Wildman–Crippen MR) is 111 cm³/mol. The minimum absolute atomic E-state index is 0.0340. The van der Waals surface area contributed by atoms with Gasteiger partial charge >= 0.3 is 0 Å². The van der Waals surface area contributed by atoms with Gasteiger partial charge in [-0.15, -0.1) is 0 Å². The summed E-state index contributed by atoms with van der Waals surface area (Å²) in [6, 6.07) is 17.7. The van der Waals surface area contributed by atoms with Crippen LogP contribution in [0.5, 0.6) is 0 Å². The fourth-order valence-electron chi connectivity index (χ4n) is 3.25.